The number of aromatic nitrogens is 2. The van der Waals surface area contributed by atoms with Gasteiger partial charge in [-0.3, -0.25) is 14.5 Å². The van der Waals surface area contributed by atoms with Gasteiger partial charge in [-0.2, -0.15) is 5.10 Å². The molecule has 0 unspecified atom stereocenters. The van der Waals surface area contributed by atoms with Gasteiger partial charge in [-0.15, -0.1) is 0 Å². The molecule has 26 heavy (non-hydrogen) atoms. The number of piperidine rings is 1. The summed E-state index contributed by atoms with van der Waals surface area (Å²) in [7, 11) is 0. The summed E-state index contributed by atoms with van der Waals surface area (Å²) >= 11 is 0. The highest BCUT2D eigenvalue weighted by Crippen LogP contribution is 2.23. The lowest BCUT2D eigenvalue weighted by molar-refractivity contribution is 0.0944. The van der Waals surface area contributed by atoms with E-state index in [1.165, 1.54) is 24.1 Å². The summed E-state index contributed by atoms with van der Waals surface area (Å²) in [5.74, 6) is 1.14. The van der Waals surface area contributed by atoms with E-state index < -0.39 is 0 Å². The molecule has 2 N–H and O–H groups in total. The van der Waals surface area contributed by atoms with Crippen LogP contribution in [0.1, 0.15) is 41.9 Å². The molecule has 1 aliphatic heterocycles. The Kier molecular flexibility index (Phi) is 5.83. The molecule has 1 fully saturated rings. The number of rotatable bonds is 5. The summed E-state index contributed by atoms with van der Waals surface area (Å²) in [6, 6.07) is 10.9. The first-order valence-electron chi connectivity index (χ1n) is 9.14. The molecule has 1 aromatic carbocycles. The van der Waals surface area contributed by atoms with E-state index in [0.29, 0.717) is 6.54 Å². The average molecular weight is 354 g/mol. The smallest absolute Gasteiger partial charge is 0.271 e. The molecular formula is C20H26N4O2. The van der Waals surface area contributed by atoms with Crippen LogP contribution in [-0.2, 0) is 13.1 Å². The first-order valence-corrected chi connectivity index (χ1v) is 9.14. The number of hydrogen-bond donors (Lipinski definition) is 2. The molecular weight excluding hydrogens is 328 g/mol. The van der Waals surface area contributed by atoms with Crippen molar-refractivity contribution in [1.82, 2.24) is 20.4 Å². The van der Waals surface area contributed by atoms with Gasteiger partial charge in [0.25, 0.3) is 11.5 Å². The normalized spacial score (nSPS) is 20.7. The van der Waals surface area contributed by atoms with Crippen LogP contribution in [0.4, 0.5) is 0 Å². The molecule has 2 heterocycles. The van der Waals surface area contributed by atoms with Crippen LogP contribution < -0.4 is 10.9 Å². The minimum Gasteiger partial charge on any atom is -0.347 e. The summed E-state index contributed by atoms with van der Waals surface area (Å²) in [6.45, 7) is 8.20. The minimum absolute atomic E-state index is 0.209. The van der Waals surface area contributed by atoms with Gasteiger partial charge < -0.3 is 5.32 Å². The van der Waals surface area contributed by atoms with E-state index in [1.54, 1.807) is 0 Å². The second kappa shape index (κ2) is 8.27. The quantitative estimate of drug-likeness (QED) is 0.863. The molecule has 1 saturated heterocycles. The van der Waals surface area contributed by atoms with Gasteiger partial charge in [-0.05, 0) is 35.4 Å². The molecule has 1 aliphatic rings. The van der Waals surface area contributed by atoms with Crippen molar-refractivity contribution in [2.75, 3.05) is 13.1 Å². The van der Waals surface area contributed by atoms with E-state index in [2.05, 4.69) is 40.3 Å². The Bertz CT molecular complexity index is 787. The molecule has 1 amide bonds. The van der Waals surface area contributed by atoms with Crippen molar-refractivity contribution in [3.63, 3.8) is 0 Å². The number of hydrogen-bond acceptors (Lipinski definition) is 4. The number of nitrogens with zero attached hydrogens (tertiary/aromatic N) is 2. The summed E-state index contributed by atoms with van der Waals surface area (Å²) < 4.78 is 0. The zero-order valence-corrected chi connectivity index (χ0v) is 15.4. The lowest BCUT2D eigenvalue weighted by atomic mass is 9.91. The third-order valence-corrected chi connectivity index (χ3v) is 4.81. The minimum atomic E-state index is -0.322. The first kappa shape index (κ1) is 18.3. The van der Waals surface area contributed by atoms with Gasteiger partial charge in [-0.1, -0.05) is 38.1 Å². The fourth-order valence-corrected chi connectivity index (χ4v) is 3.78. The van der Waals surface area contributed by atoms with Crippen LogP contribution in [0.25, 0.3) is 0 Å². The van der Waals surface area contributed by atoms with Crippen molar-refractivity contribution in [3.8, 4) is 0 Å². The molecule has 0 saturated carbocycles. The third kappa shape index (κ3) is 4.79. The van der Waals surface area contributed by atoms with Gasteiger partial charge in [0, 0.05) is 32.2 Å². The lowest BCUT2D eigenvalue weighted by Crippen LogP contribution is -2.38. The second-order valence-corrected chi connectivity index (χ2v) is 7.40. The molecule has 0 bridgehead atoms. The largest absolute Gasteiger partial charge is 0.347 e. The van der Waals surface area contributed by atoms with Crippen molar-refractivity contribution in [1.29, 1.82) is 0 Å². The Balaban J connectivity index is 1.64. The van der Waals surface area contributed by atoms with Crippen molar-refractivity contribution < 1.29 is 4.79 Å². The fraction of sp³-hybridized carbons (Fsp3) is 0.450. The standard InChI is InChI=1S/C20H26N4O2/c1-14-9-15(2)12-24(11-14)13-17-6-4-3-5-16(17)10-21-20(26)18-7-8-19(25)23-22-18/h3-8,14-15H,9-13H2,1-2H3,(H,21,26)(H,23,25)/t14-,15+. The maximum Gasteiger partial charge on any atom is 0.271 e. The molecule has 6 nitrogen and oxygen atoms in total. The maximum absolute atomic E-state index is 12.2. The van der Waals surface area contributed by atoms with Crippen LogP contribution in [0.5, 0.6) is 0 Å². The van der Waals surface area contributed by atoms with Gasteiger partial charge in [-0.25, -0.2) is 5.10 Å². The van der Waals surface area contributed by atoms with Gasteiger partial charge in [0.15, 0.2) is 0 Å². The molecule has 2 atom stereocenters. The van der Waals surface area contributed by atoms with E-state index in [0.717, 1.165) is 37.0 Å². The Morgan fingerprint density at radius 2 is 1.85 bits per heavy atom. The number of amides is 1. The van der Waals surface area contributed by atoms with Gasteiger partial charge in [0.1, 0.15) is 5.69 Å². The number of likely N-dealkylation sites (tertiary alicyclic amines) is 1. The predicted octanol–water partition coefficient (Wildman–Crippen LogP) is 2.18. The van der Waals surface area contributed by atoms with Crippen LogP contribution in [0.3, 0.4) is 0 Å². The van der Waals surface area contributed by atoms with Gasteiger partial charge in [0.2, 0.25) is 0 Å². The van der Waals surface area contributed by atoms with Crippen LogP contribution in [-0.4, -0.2) is 34.1 Å². The van der Waals surface area contributed by atoms with Crippen molar-refractivity contribution in [2.45, 2.75) is 33.4 Å². The van der Waals surface area contributed by atoms with Crippen molar-refractivity contribution in [3.05, 3.63) is 63.6 Å². The summed E-state index contributed by atoms with van der Waals surface area (Å²) in [5, 5.41) is 8.93. The van der Waals surface area contributed by atoms with Crippen LogP contribution in [0.2, 0.25) is 0 Å². The average Bonchev–Trinajstić information content (AvgIpc) is 2.60. The zero-order chi connectivity index (χ0) is 18.5. The number of H-pyrrole nitrogens is 1. The Morgan fingerprint density at radius 3 is 2.50 bits per heavy atom. The number of carbonyl (C=O) groups is 1. The molecule has 0 aliphatic carbocycles. The van der Waals surface area contributed by atoms with E-state index in [4.69, 9.17) is 0 Å². The van der Waals surface area contributed by atoms with E-state index in [9.17, 15) is 9.59 Å². The summed E-state index contributed by atoms with van der Waals surface area (Å²) in [6.07, 6.45) is 1.29. The van der Waals surface area contributed by atoms with E-state index >= 15 is 0 Å². The highest BCUT2D eigenvalue weighted by Gasteiger charge is 2.22. The molecule has 3 rings (SSSR count). The SMILES string of the molecule is C[C@@H]1C[C@H](C)CN(Cc2ccccc2CNC(=O)c2ccc(=O)[nH]n2)C1. The molecule has 2 aromatic rings. The molecule has 0 radical (unpaired) electrons. The molecule has 6 heteroatoms. The third-order valence-electron chi connectivity index (χ3n) is 4.81. The zero-order valence-electron chi connectivity index (χ0n) is 15.4. The number of aromatic amines is 1. The number of nitrogens with one attached hydrogen (secondary N) is 2. The maximum atomic E-state index is 12.2. The Hall–Kier alpha value is -2.47. The Labute approximate surface area is 153 Å². The highest BCUT2D eigenvalue weighted by molar-refractivity contribution is 5.91. The topological polar surface area (TPSA) is 78.1 Å². The molecule has 1 aromatic heterocycles. The summed E-state index contributed by atoms with van der Waals surface area (Å²) in [5.41, 5.74) is 2.23. The number of carbonyl (C=O) groups excluding carboxylic acids is 1. The second-order valence-electron chi connectivity index (χ2n) is 7.40. The van der Waals surface area contributed by atoms with E-state index in [1.807, 2.05) is 18.2 Å². The van der Waals surface area contributed by atoms with Crippen molar-refractivity contribution >= 4 is 5.91 Å². The van der Waals surface area contributed by atoms with E-state index in [-0.39, 0.29) is 17.2 Å². The van der Waals surface area contributed by atoms with Crippen LogP contribution >= 0.6 is 0 Å². The first-order chi connectivity index (χ1) is 12.5. The molecule has 138 valence electrons. The number of benzene rings is 1. The van der Waals surface area contributed by atoms with Gasteiger partial charge >= 0.3 is 0 Å². The fourth-order valence-electron chi connectivity index (χ4n) is 3.78. The highest BCUT2D eigenvalue weighted by atomic mass is 16.2. The molecule has 0 spiro atoms. The van der Waals surface area contributed by atoms with Crippen LogP contribution in [0, 0.1) is 11.8 Å². The monoisotopic (exact) mass is 354 g/mol. The van der Waals surface area contributed by atoms with Crippen LogP contribution in [0.15, 0.2) is 41.2 Å². The Morgan fingerprint density at radius 1 is 1.15 bits per heavy atom. The summed E-state index contributed by atoms with van der Waals surface area (Å²) in [4.78, 5) is 25.8. The lowest BCUT2D eigenvalue weighted by Gasteiger charge is -2.35. The van der Waals surface area contributed by atoms with Gasteiger partial charge in [0.05, 0.1) is 0 Å². The predicted molar refractivity (Wildman–Crippen MR) is 101 cm³/mol. The van der Waals surface area contributed by atoms with Crippen molar-refractivity contribution in [2.24, 2.45) is 11.8 Å².